The van der Waals surface area contributed by atoms with Gasteiger partial charge in [-0.25, -0.2) is 0 Å². The van der Waals surface area contributed by atoms with Crippen molar-refractivity contribution in [3.8, 4) is 22.3 Å². The van der Waals surface area contributed by atoms with Crippen molar-refractivity contribution < 1.29 is 0 Å². The predicted octanol–water partition coefficient (Wildman–Crippen LogP) is 6.94. The Kier molecular flexibility index (Phi) is 3.72. The lowest BCUT2D eigenvalue weighted by atomic mass is 9.90. The van der Waals surface area contributed by atoms with E-state index in [-0.39, 0.29) is 0 Å². The van der Waals surface area contributed by atoms with Crippen molar-refractivity contribution in [3.63, 3.8) is 0 Å². The molecule has 4 aromatic rings. The van der Waals surface area contributed by atoms with E-state index in [9.17, 15) is 0 Å². The van der Waals surface area contributed by atoms with Gasteiger partial charge in [-0.05, 0) is 33.5 Å². The maximum absolute atomic E-state index is 3.80. The second-order valence-electron chi connectivity index (χ2n) is 5.56. The summed E-state index contributed by atoms with van der Waals surface area (Å²) in [5, 5.41) is 2.53. The predicted molar refractivity (Wildman–Crippen MR) is 103 cm³/mol. The van der Waals surface area contributed by atoms with Gasteiger partial charge in [-0.1, -0.05) is 101 Å². The quantitative estimate of drug-likeness (QED) is 0.364. The van der Waals surface area contributed by atoms with Gasteiger partial charge in [0, 0.05) is 10.0 Å². The molecular weight excluding hydrogens is 344 g/mol. The second kappa shape index (κ2) is 6.02. The number of rotatable bonds is 2. The van der Waals surface area contributed by atoms with E-state index in [0.717, 1.165) is 4.47 Å². The van der Waals surface area contributed by atoms with Crippen molar-refractivity contribution in [2.45, 2.75) is 0 Å². The Morgan fingerprint density at radius 2 is 1.04 bits per heavy atom. The number of halogens is 1. The SMILES string of the molecule is Brc1cc2ccccc2c(-c2ccccc2)c1-c1ccccc1. The minimum atomic E-state index is 1.13. The van der Waals surface area contributed by atoms with E-state index in [1.807, 2.05) is 0 Å². The molecule has 0 N–H and O–H groups in total. The first kappa shape index (κ1) is 14.2. The zero-order chi connectivity index (χ0) is 15.6. The van der Waals surface area contributed by atoms with E-state index >= 15 is 0 Å². The lowest BCUT2D eigenvalue weighted by Gasteiger charge is -2.16. The summed E-state index contributed by atoms with van der Waals surface area (Å²) in [4.78, 5) is 0. The van der Waals surface area contributed by atoms with Gasteiger partial charge >= 0.3 is 0 Å². The smallest absolute Gasteiger partial charge is 0.0266 e. The van der Waals surface area contributed by atoms with Crippen LogP contribution in [0.5, 0.6) is 0 Å². The van der Waals surface area contributed by atoms with Crippen LogP contribution in [0.2, 0.25) is 0 Å². The highest BCUT2D eigenvalue weighted by atomic mass is 79.9. The first-order valence-electron chi connectivity index (χ1n) is 7.67. The van der Waals surface area contributed by atoms with Gasteiger partial charge < -0.3 is 0 Å². The van der Waals surface area contributed by atoms with Gasteiger partial charge in [-0.2, -0.15) is 0 Å². The normalized spacial score (nSPS) is 10.8. The summed E-state index contributed by atoms with van der Waals surface area (Å²) in [6.45, 7) is 0. The van der Waals surface area contributed by atoms with Crippen LogP contribution < -0.4 is 0 Å². The molecule has 0 bridgehead atoms. The molecule has 0 unspecified atom stereocenters. The largest absolute Gasteiger partial charge is 0.0622 e. The summed E-state index contributed by atoms with van der Waals surface area (Å²) >= 11 is 3.80. The van der Waals surface area contributed by atoms with Crippen LogP contribution in [0.4, 0.5) is 0 Å². The first-order valence-corrected chi connectivity index (χ1v) is 8.46. The van der Waals surface area contributed by atoms with E-state index in [2.05, 4.69) is 107 Å². The maximum atomic E-state index is 3.80. The van der Waals surface area contributed by atoms with Crippen LogP contribution >= 0.6 is 15.9 Å². The molecule has 0 aromatic heterocycles. The minimum Gasteiger partial charge on any atom is -0.0622 e. The van der Waals surface area contributed by atoms with Gasteiger partial charge in [0.15, 0.2) is 0 Å². The molecule has 23 heavy (non-hydrogen) atoms. The van der Waals surface area contributed by atoms with Crippen molar-refractivity contribution in [3.05, 3.63) is 95.5 Å². The highest BCUT2D eigenvalue weighted by Gasteiger charge is 2.15. The molecule has 0 amide bonds. The Labute approximate surface area is 144 Å². The van der Waals surface area contributed by atoms with Gasteiger partial charge in [0.1, 0.15) is 0 Å². The first-order chi connectivity index (χ1) is 11.3. The summed E-state index contributed by atoms with van der Waals surface area (Å²) in [6.07, 6.45) is 0. The van der Waals surface area contributed by atoms with E-state index in [1.165, 1.54) is 33.0 Å². The van der Waals surface area contributed by atoms with Gasteiger partial charge in [-0.15, -0.1) is 0 Å². The lowest BCUT2D eigenvalue weighted by Crippen LogP contribution is -1.89. The molecule has 4 aromatic carbocycles. The molecule has 0 aliphatic rings. The fourth-order valence-electron chi connectivity index (χ4n) is 3.11. The fourth-order valence-corrected chi connectivity index (χ4v) is 3.78. The minimum absolute atomic E-state index is 1.13. The lowest BCUT2D eigenvalue weighted by molar-refractivity contribution is 1.58. The Bertz CT molecular complexity index is 957. The summed E-state index contributed by atoms with van der Waals surface area (Å²) in [6, 6.07) is 32.0. The van der Waals surface area contributed by atoms with Crippen molar-refractivity contribution in [2.24, 2.45) is 0 Å². The standard InChI is InChI=1S/C22H15Br/c23-20-15-18-13-7-8-14-19(18)21(16-9-3-1-4-10-16)22(20)17-11-5-2-6-12-17/h1-15H. The summed E-state index contributed by atoms with van der Waals surface area (Å²) < 4.78 is 1.13. The average molecular weight is 359 g/mol. The molecule has 0 aliphatic heterocycles. The van der Waals surface area contributed by atoms with Crippen molar-refractivity contribution in [1.29, 1.82) is 0 Å². The highest BCUT2D eigenvalue weighted by Crippen LogP contribution is 2.42. The van der Waals surface area contributed by atoms with Crippen molar-refractivity contribution in [2.75, 3.05) is 0 Å². The fraction of sp³-hybridized carbons (Fsp3) is 0. The van der Waals surface area contributed by atoms with E-state index in [1.54, 1.807) is 0 Å². The van der Waals surface area contributed by atoms with Crippen molar-refractivity contribution in [1.82, 2.24) is 0 Å². The van der Waals surface area contributed by atoms with Crippen LogP contribution in [0.3, 0.4) is 0 Å². The van der Waals surface area contributed by atoms with E-state index < -0.39 is 0 Å². The number of fused-ring (bicyclic) bond motifs is 1. The Morgan fingerprint density at radius 1 is 0.522 bits per heavy atom. The molecule has 0 atom stereocenters. The van der Waals surface area contributed by atoms with Crippen LogP contribution in [0.25, 0.3) is 33.0 Å². The average Bonchev–Trinajstić information content (AvgIpc) is 2.62. The van der Waals surface area contributed by atoms with Crippen molar-refractivity contribution >= 4 is 26.7 Å². The Morgan fingerprint density at radius 3 is 1.70 bits per heavy atom. The third-order valence-corrected chi connectivity index (χ3v) is 4.75. The Balaban J connectivity index is 2.15. The van der Waals surface area contributed by atoms with Crippen LogP contribution in [0.15, 0.2) is 95.5 Å². The number of hydrogen-bond acceptors (Lipinski definition) is 0. The molecule has 1 heteroatoms. The molecule has 0 nitrogen and oxygen atoms in total. The van der Waals surface area contributed by atoms with Crippen LogP contribution in [-0.4, -0.2) is 0 Å². The zero-order valence-electron chi connectivity index (χ0n) is 12.5. The van der Waals surface area contributed by atoms with Gasteiger partial charge in [0.05, 0.1) is 0 Å². The molecule has 110 valence electrons. The zero-order valence-corrected chi connectivity index (χ0v) is 14.1. The maximum Gasteiger partial charge on any atom is 0.0266 e. The molecular formula is C22H15Br. The molecule has 4 rings (SSSR count). The van der Waals surface area contributed by atoms with Gasteiger partial charge in [0.25, 0.3) is 0 Å². The molecule has 0 radical (unpaired) electrons. The van der Waals surface area contributed by atoms with E-state index in [4.69, 9.17) is 0 Å². The molecule has 0 spiro atoms. The van der Waals surface area contributed by atoms with Gasteiger partial charge in [0.2, 0.25) is 0 Å². The van der Waals surface area contributed by atoms with Crippen LogP contribution in [0.1, 0.15) is 0 Å². The Hall–Kier alpha value is -2.38. The molecule has 0 heterocycles. The number of benzene rings is 4. The topological polar surface area (TPSA) is 0 Å². The third-order valence-electron chi connectivity index (χ3n) is 4.13. The van der Waals surface area contributed by atoms with Crippen LogP contribution in [-0.2, 0) is 0 Å². The highest BCUT2D eigenvalue weighted by molar-refractivity contribution is 9.10. The number of hydrogen-bond donors (Lipinski definition) is 0. The molecule has 0 fully saturated rings. The summed E-state index contributed by atoms with van der Waals surface area (Å²) in [5.41, 5.74) is 4.99. The second-order valence-corrected chi connectivity index (χ2v) is 6.42. The third kappa shape index (κ3) is 2.58. The monoisotopic (exact) mass is 358 g/mol. The molecule has 0 saturated heterocycles. The molecule has 0 aliphatic carbocycles. The van der Waals surface area contributed by atoms with Gasteiger partial charge in [-0.3, -0.25) is 0 Å². The van der Waals surface area contributed by atoms with E-state index in [0.29, 0.717) is 0 Å². The molecule has 0 saturated carbocycles. The summed E-state index contributed by atoms with van der Waals surface area (Å²) in [5.74, 6) is 0. The summed E-state index contributed by atoms with van der Waals surface area (Å²) in [7, 11) is 0. The van der Waals surface area contributed by atoms with Crippen LogP contribution in [0, 0.1) is 0 Å².